The van der Waals surface area contributed by atoms with Crippen LogP contribution < -0.4 is 10.6 Å². The van der Waals surface area contributed by atoms with Crippen LogP contribution in [-0.4, -0.2) is 39.5 Å². The van der Waals surface area contributed by atoms with E-state index in [1.165, 1.54) is 5.56 Å². The highest BCUT2D eigenvalue weighted by atomic mass is 35.5. The number of amides is 1. The van der Waals surface area contributed by atoms with E-state index in [1.807, 2.05) is 41.2 Å². The molecule has 2 heterocycles. The zero-order chi connectivity index (χ0) is 15.4. The smallest absolute Gasteiger partial charge is 0.237 e. The highest BCUT2D eigenvalue weighted by molar-refractivity contribution is 5.85. The Bertz CT molecular complexity index is 616. The van der Waals surface area contributed by atoms with Gasteiger partial charge in [-0.3, -0.25) is 9.48 Å². The summed E-state index contributed by atoms with van der Waals surface area (Å²) < 4.78 is 1.87. The van der Waals surface area contributed by atoms with E-state index in [4.69, 9.17) is 0 Å². The topological polar surface area (TPSA) is 79.2 Å². The highest BCUT2D eigenvalue weighted by Crippen LogP contribution is 2.08. The van der Waals surface area contributed by atoms with Gasteiger partial charge in [0.15, 0.2) is 0 Å². The third-order valence-electron chi connectivity index (χ3n) is 3.82. The third-order valence-corrected chi connectivity index (χ3v) is 3.82. The molecule has 1 aliphatic heterocycles. The van der Waals surface area contributed by atoms with Crippen molar-refractivity contribution in [2.24, 2.45) is 0 Å². The fourth-order valence-electron chi connectivity index (χ4n) is 2.57. The van der Waals surface area contributed by atoms with Crippen LogP contribution in [0.2, 0.25) is 0 Å². The second kappa shape index (κ2) is 8.10. The van der Waals surface area contributed by atoms with E-state index >= 15 is 0 Å². The average Bonchev–Trinajstić information content (AvgIpc) is 3.18. The fraction of sp³-hybridized carbons (Fsp3) is 0.375. The van der Waals surface area contributed by atoms with Crippen LogP contribution in [-0.2, 0) is 17.9 Å². The zero-order valence-electron chi connectivity index (χ0n) is 12.7. The Kier molecular flexibility index (Phi) is 6.15. The number of benzene rings is 1. The van der Waals surface area contributed by atoms with Crippen LogP contribution in [0.1, 0.15) is 17.5 Å². The Morgan fingerprint density at radius 1 is 1.35 bits per heavy atom. The summed E-state index contributed by atoms with van der Waals surface area (Å²) in [5.74, 6) is -0.0582. The predicted octanol–water partition coefficient (Wildman–Crippen LogP) is 0.692. The largest absolute Gasteiger partial charge is 0.392 e. The summed E-state index contributed by atoms with van der Waals surface area (Å²) in [6.45, 7) is 1.72. The molecule has 23 heavy (non-hydrogen) atoms. The maximum atomic E-state index is 11.9. The summed E-state index contributed by atoms with van der Waals surface area (Å²) in [7, 11) is 0. The normalized spacial score (nSPS) is 20.0. The third kappa shape index (κ3) is 4.79. The summed E-state index contributed by atoms with van der Waals surface area (Å²) >= 11 is 0. The molecule has 2 unspecified atom stereocenters. The minimum Gasteiger partial charge on any atom is -0.392 e. The van der Waals surface area contributed by atoms with E-state index < -0.39 is 6.10 Å². The van der Waals surface area contributed by atoms with Crippen molar-refractivity contribution in [3.63, 3.8) is 0 Å². The van der Waals surface area contributed by atoms with Crippen LogP contribution in [0.4, 0.5) is 0 Å². The summed E-state index contributed by atoms with van der Waals surface area (Å²) in [6.07, 6.45) is 3.75. The summed E-state index contributed by atoms with van der Waals surface area (Å²) in [4.78, 5) is 11.9. The first-order valence-corrected chi connectivity index (χ1v) is 7.45. The zero-order valence-corrected chi connectivity index (χ0v) is 13.5. The molecule has 7 heteroatoms. The number of aliphatic hydroxyl groups excluding tert-OH is 1. The molecule has 1 aromatic carbocycles. The Morgan fingerprint density at radius 2 is 2.09 bits per heavy atom. The van der Waals surface area contributed by atoms with Crippen molar-refractivity contribution < 1.29 is 9.90 Å². The number of rotatable bonds is 5. The lowest BCUT2D eigenvalue weighted by atomic mass is 10.1. The van der Waals surface area contributed by atoms with Crippen molar-refractivity contribution in [2.75, 3.05) is 6.54 Å². The first-order chi connectivity index (χ1) is 10.7. The number of carbonyl (C=O) groups excluding carboxylic acids is 1. The van der Waals surface area contributed by atoms with E-state index in [-0.39, 0.29) is 24.4 Å². The van der Waals surface area contributed by atoms with Crippen LogP contribution in [0.3, 0.4) is 0 Å². The molecule has 6 nitrogen and oxygen atoms in total. The molecule has 0 saturated carbocycles. The molecule has 3 rings (SSSR count). The van der Waals surface area contributed by atoms with E-state index in [9.17, 15) is 9.90 Å². The van der Waals surface area contributed by atoms with Gasteiger partial charge in [0.2, 0.25) is 5.91 Å². The Morgan fingerprint density at radius 3 is 2.70 bits per heavy atom. The first kappa shape index (κ1) is 17.5. The molecule has 1 aromatic heterocycles. The number of aromatic nitrogens is 2. The molecule has 2 aromatic rings. The fourth-order valence-corrected chi connectivity index (χ4v) is 2.57. The van der Waals surface area contributed by atoms with Gasteiger partial charge in [-0.25, -0.2) is 0 Å². The molecule has 3 N–H and O–H groups in total. The molecule has 124 valence electrons. The summed E-state index contributed by atoms with van der Waals surface area (Å²) in [5.41, 5.74) is 2.22. The molecule has 0 spiro atoms. The molecule has 2 atom stereocenters. The maximum absolute atomic E-state index is 11.9. The second-order valence-electron chi connectivity index (χ2n) is 5.59. The Labute approximate surface area is 141 Å². The average molecular weight is 337 g/mol. The number of nitrogens with zero attached hydrogens (tertiary/aromatic N) is 2. The van der Waals surface area contributed by atoms with Gasteiger partial charge in [0.05, 0.1) is 18.7 Å². The van der Waals surface area contributed by atoms with E-state index in [2.05, 4.69) is 15.7 Å². The van der Waals surface area contributed by atoms with Gasteiger partial charge in [-0.2, -0.15) is 5.10 Å². The minimum absolute atomic E-state index is 0. The number of halogens is 1. The van der Waals surface area contributed by atoms with Crippen LogP contribution in [0.5, 0.6) is 0 Å². The molecule has 1 fully saturated rings. The van der Waals surface area contributed by atoms with Crippen molar-refractivity contribution in [1.82, 2.24) is 20.4 Å². The van der Waals surface area contributed by atoms with Gasteiger partial charge >= 0.3 is 0 Å². The highest BCUT2D eigenvalue weighted by Gasteiger charge is 2.27. The maximum Gasteiger partial charge on any atom is 0.237 e. The Balaban J connectivity index is 0.00000192. The quantitative estimate of drug-likeness (QED) is 0.750. The van der Waals surface area contributed by atoms with E-state index in [0.29, 0.717) is 19.5 Å². The van der Waals surface area contributed by atoms with Gasteiger partial charge in [0, 0.05) is 25.5 Å². The summed E-state index contributed by atoms with van der Waals surface area (Å²) in [6, 6.07) is 9.72. The van der Waals surface area contributed by atoms with E-state index in [0.717, 1.165) is 12.1 Å². The van der Waals surface area contributed by atoms with Gasteiger partial charge in [-0.1, -0.05) is 24.3 Å². The number of hydrogen-bond acceptors (Lipinski definition) is 4. The van der Waals surface area contributed by atoms with Gasteiger partial charge in [-0.05, 0) is 23.6 Å². The van der Waals surface area contributed by atoms with Gasteiger partial charge in [0.25, 0.3) is 0 Å². The number of aliphatic hydroxyl groups is 1. The lowest BCUT2D eigenvalue weighted by Gasteiger charge is -2.11. The molecule has 1 amide bonds. The molecule has 0 aliphatic carbocycles. The number of hydrogen-bond donors (Lipinski definition) is 3. The lowest BCUT2D eigenvalue weighted by molar-refractivity contribution is -0.123. The standard InChI is InChI=1S/C16H20N4O2.ClH/c21-14-8-15(17-10-14)16(22)18-9-12-2-4-13(5-3-12)11-20-7-1-6-19-20;/h1-7,14-15,17,21H,8-11H2,(H,18,22);1H. The van der Waals surface area contributed by atoms with Crippen LogP contribution in [0.25, 0.3) is 0 Å². The number of nitrogens with one attached hydrogen (secondary N) is 2. The van der Waals surface area contributed by atoms with Crippen LogP contribution in [0, 0.1) is 0 Å². The predicted molar refractivity (Wildman–Crippen MR) is 89.3 cm³/mol. The first-order valence-electron chi connectivity index (χ1n) is 7.45. The molecule has 0 radical (unpaired) electrons. The minimum atomic E-state index is -0.419. The number of β-amino-alcohol motifs (C(OH)–C–C–N with tert-alkyl or cyclic N) is 1. The van der Waals surface area contributed by atoms with E-state index in [1.54, 1.807) is 6.20 Å². The molecule has 1 saturated heterocycles. The second-order valence-corrected chi connectivity index (χ2v) is 5.59. The summed E-state index contributed by atoms with van der Waals surface area (Å²) in [5, 5.41) is 19.5. The van der Waals surface area contributed by atoms with Gasteiger partial charge in [-0.15, -0.1) is 12.4 Å². The molecule has 1 aliphatic rings. The van der Waals surface area contributed by atoms with Crippen molar-refractivity contribution in [1.29, 1.82) is 0 Å². The molecular weight excluding hydrogens is 316 g/mol. The number of carbonyl (C=O) groups is 1. The Hall–Kier alpha value is -1.89. The molecular formula is C16H21ClN4O2. The van der Waals surface area contributed by atoms with Crippen molar-refractivity contribution in [3.8, 4) is 0 Å². The van der Waals surface area contributed by atoms with Gasteiger partial charge in [0.1, 0.15) is 0 Å². The van der Waals surface area contributed by atoms with Gasteiger partial charge < -0.3 is 15.7 Å². The van der Waals surface area contributed by atoms with Crippen molar-refractivity contribution in [2.45, 2.75) is 31.7 Å². The van der Waals surface area contributed by atoms with Crippen LogP contribution >= 0.6 is 12.4 Å². The van der Waals surface area contributed by atoms with Crippen molar-refractivity contribution in [3.05, 3.63) is 53.9 Å². The van der Waals surface area contributed by atoms with Crippen molar-refractivity contribution >= 4 is 18.3 Å². The molecule has 0 bridgehead atoms. The monoisotopic (exact) mass is 336 g/mol. The van der Waals surface area contributed by atoms with Crippen LogP contribution in [0.15, 0.2) is 42.7 Å². The SMILES string of the molecule is Cl.O=C(NCc1ccc(Cn2cccn2)cc1)C1CC(O)CN1. The lowest BCUT2D eigenvalue weighted by Crippen LogP contribution is -2.39.